The van der Waals surface area contributed by atoms with Gasteiger partial charge >= 0.3 is 11.9 Å². The van der Waals surface area contributed by atoms with Gasteiger partial charge in [-0.05, 0) is 19.3 Å². The van der Waals surface area contributed by atoms with Crippen LogP contribution in [0.3, 0.4) is 0 Å². The summed E-state index contributed by atoms with van der Waals surface area (Å²) in [7, 11) is 0. The molecule has 414 valence electrons. The van der Waals surface area contributed by atoms with Gasteiger partial charge in [-0.2, -0.15) is 0 Å². The highest BCUT2D eigenvalue weighted by molar-refractivity contribution is 5.80. The first-order valence-corrected chi connectivity index (χ1v) is 31.8. The van der Waals surface area contributed by atoms with E-state index < -0.39 is 36.5 Å². The van der Waals surface area contributed by atoms with Crippen LogP contribution >= 0.6 is 0 Å². The van der Waals surface area contributed by atoms with Gasteiger partial charge in [-0.3, -0.25) is 9.59 Å². The third-order valence-electron chi connectivity index (χ3n) is 15.8. The number of allylic oxidation sites excluding steroid dienone is 2. The number of carbonyl (C=O) groups excluding carboxylic acids is 2. The summed E-state index contributed by atoms with van der Waals surface area (Å²) in [6.45, 7) is 1.15. The van der Waals surface area contributed by atoms with E-state index in [4.69, 9.17) is 9.47 Å². The van der Waals surface area contributed by atoms with Gasteiger partial charge in [0.25, 0.3) is 0 Å². The van der Waals surface area contributed by atoms with E-state index in [2.05, 4.69) is 13.0 Å². The smallest absolute Gasteiger partial charge is 0.309 e. The van der Waals surface area contributed by atoms with E-state index in [0.717, 1.165) is 12.8 Å². The maximum atomic E-state index is 12.5. The normalized spacial score (nSPS) is 15.3. The number of esters is 2. The second kappa shape index (κ2) is 53.9. The first kappa shape index (κ1) is 66.6. The summed E-state index contributed by atoms with van der Waals surface area (Å²) >= 11 is 0. The molecular weight excluding hydrogens is 865 g/mol. The average molecular weight is 988 g/mol. The van der Waals surface area contributed by atoms with Gasteiger partial charge in [-0.1, -0.05) is 334 Å². The molecule has 1 aliphatic heterocycles. The van der Waals surface area contributed by atoms with Crippen molar-refractivity contribution in [3.05, 3.63) is 12.2 Å². The van der Waals surface area contributed by atoms with Crippen molar-refractivity contribution in [2.24, 2.45) is 11.3 Å². The summed E-state index contributed by atoms with van der Waals surface area (Å²) in [5, 5.41) is 19.2. The van der Waals surface area contributed by atoms with Gasteiger partial charge in [0.15, 0.2) is 0 Å². The Labute approximate surface area is 436 Å². The highest BCUT2D eigenvalue weighted by Gasteiger charge is 2.36. The molecule has 1 fully saturated rings. The van der Waals surface area contributed by atoms with E-state index in [9.17, 15) is 19.8 Å². The Bertz CT molecular complexity index is 1100. The second-order valence-corrected chi connectivity index (χ2v) is 22.8. The van der Waals surface area contributed by atoms with Crippen LogP contribution in [-0.4, -0.2) is 48.6 Å². The highest BCUT2D eigenvalue weighted by Crippen LogP contribution is 2.24. The summed E-state index contributed by atoms with van der Waals surface area (Å²) in [5.74, 6) is -1.57. The van der Waals surface area contributed by atoms with Crippen LogP contribution in [0, 0.1) is 11.3 Å². The lowest BCUT2D eigenvalue weighted by Crippen LogP contribution is -2.40. The minimum absolute atomic E-state index is 0.0457. The molecule has 1 rings (SSSR count). The van der Waals surface area contributed by atoms with E-state index in [1.54, 1.807) is 0 Å². The zero-order valence-electron chi connectivity index (χ0n) is 47.1. The van der Waals surface area contributed by atoms with Crippen molar-refractivity contribution in [3.8, 4) is 0 Å². The Balaban J connectivity index is 1.68. The van der Waals surface area contributed by atoms with E-state index in [-0.39, 0.29) is 19.6 Å². The monoisotopic (exact) mass is 987 g/mol. The maximum Gasteiger partial charge on any atom is 0.309 e. The molecule has 6 heteroatoms. The Morgan fingerprint density at radius 1 is 0.371 bits per heavy atom. The molecule has 0 aromatic heterocycles. The number of carbonyl (C=O) groups is 2. The molecule has 1 unspecified atom stereocenters. The predicted octanol–water partition coefficient (Wildman–Crippen LogP) is 19.9. The summed E-state index contributed by atoms with van der Waals surface area (Å²) in [6.07, 6.45) is 77.5. The van der Waals surface area contributed by atoms with Gasteiger partial charge in [-0.15, -0.1) is 0 Å². The second-order valence-electron chi connectivity index (χ2n) is 22.8. The molecule has 0 aromatic carbocycles. The average Bonchev–Trinajstić information content (AvgIpc) is 3.43. The standard InChI is InChI=1S/C64H122O6/c1-2-3-4-5-6-7-8-9-10-11-12-13-14-15-16-17-18-19-20-21-22-23-24-25-26-27-28-29-30-31-32-33-34-35-36-37-38-39-40-41-42-43-44-45-46-47-48-49-50-51-52-53-54-55-61-56-62(67)69-59-64(57-65,58-66)60-70-63(61)68/h53-54,61,65-66H,2-52,55-60H2,1H3/b54-53+. The SMILES string of the molecule is CCCCCCCCCCCCCCCCCCCCCCCCCCCCCCCCCCCCCCCCCCCCCCCCCCCC/C=C/CC1CC(=O)OCC(CO)(CO)COC1=O. The molecule has 1 aliphatic rings. The number of rotatable bonds is 55. The molecule has 70 heavy (non-hydrogen) atoms. The van der Waals surface area contributed by atoms with Crippen molar-refractivity contribution in [1.29, 1.82) is 0 Å². The zero-order chi connectivity index (χ0) is 50.4. The number of hydrogen-bond donors (Lipinski definition) is 2. The molecule has 1 saturated heterocycles. The lowest BCUT2D eigenvalue weighted by Gasteiger charge is -2.27. The van der Waals surface area contributed by atoms with Crippen LogP contribution in [-0.2, 0) is 19.1 Å². The first-order valence-electron chi connectivity index (χ1n) is 31.8. The van der Waals surface area contributed by atoms with Crippen LogP contribution < -0.4 is 0 Å². The summed E-state index contributed by atoms with van der Waals surface area (Å²) in [5.41, 5.74) is -1.14. The quantitative estimate of drug-likeness (QED) is 0.0358. The van der Waals surface area contributed by atoms with Gasteiger partial charge in [0.2, 0.25) is 0 Å². The minimum atomic E-state index is -1.14. The summed E-state index contributed by atoms with van der Waals surface area (Å²) in [4.78, 5) is 24.7. The zero-order valence-corrected chi connectivity index (χ0v) is 47.1. The lowest BCUT2D eigenvalue weighted by atomic mass is 9.92. The molecule has 0 saturated carbocycles. The van der Waals surface area contributed by atoms with E-state index >= 15 is 0 Å². The first-order chi connectivity index (χ1) is 34.6. The fourth-order valence-electron chi connectivity index (χ4n) is 10.6. The molecule has 0 amide bonds. The largest absolute Gasteiger partial charge is 0.465 e. The summed E-state index contributed by atoms with van der Waals surface area (Å²) in [6, 6.07) is 0. The van der Waals surface area contributed by atoms with Crippen molar-refractivity contribution >= 4 is 11.9 Å². The Kier molecular flexibility index (Phi) is 51.3. The predicted molar refractivity (Wildman–Crippen MR) is 302 cm³/mol. The molecule has 6 nitrogen and oxygen atoms in total. The molecule has 0 aliphatic carbocycles. The van der Waals surface area contributed by atoms with Crippen molar-refractivity contribution < 1.29 is 29.3 Å². The van der Waals surface area contributed by atoms with E-state index in [1.165, 1.54) is 315 Å². The van der Waals surface area contributed by atoms with Gasteiger partial charge in [-0.25, -0.2) is 0 Å². The van der Waals surface area contributed by atoms with Crippen LogP contribution in [0.25, 0.3) is 0 Å². The summed E-state index contributed by atoms with van der Waals surface area (Å²) < 4.78 is 10.5. The molecule has 1 heterocycles. The number of ether oxygens (including phenoxy) is 2. The fourth-order valence-corrected chi connectivity index (χ4v) is 10.6. The number of unbranched alkanes of at least 4 members (excludes halogenated alkanes) is 50. The molecule has 0 bridgehead atoms. The molecule has 0 spiro atoms. The Morgan fingerprint density at radius 2 is 0.614 bits per heavy atom. The highest BCUT2D eigenvalue weighted by atomic mass is 16.6. The van der Waals surface area contributed by atoms with Gasteiger partial charge in [0.05, 0.1) is 31.0 Å². The maximum absolute atomic E-state index is 12.5. The third kappa shape index (κ3) is 45.2. The van der Waals surface area contributed by atoms with Crippen molar-refractivity contribution in [3.63, 3.8) is 0 Å². The van der Waals surface area contributed by atoms with E-state index in [1.807, 2.05) is 6.08 Å². The van der Waals surface area contributed by atoms with Gasteiger partial charge in [0, 0.05) is 0 Å². The van der Waals surface area contributed by atoms with E-state index in [0.29, 0.717) is 6.42 Å². The van der Waals surface area contributed by atoms with Crippen LogP contribution in [0.4, 0.5) is 0 Å². The van der Waals surface area contributed by atoms with Crippen LogP contribution in [0.1, 0.15) is 347 Å². The third-order valence-corrected chi connectivity index (χ3v) is 15.8. The molecular formula is C64H122O6. The van der Waals surface area contributed by atoms with Crippen LogP contribution in [0.2, 0.25) is 0 Å². The Morgan fingerprint density at radius 3 is 0.871 bits per heavy atom. The van der Waals surface area contributed by atoms with Crippen molar-refractivity contribution in [2.75, 3.05) is 26.4 Å². The molecule has 2 N–H and O–H groups in total. The number of aliphatic hydroxyl groups is 2. The topological polar surface area (TPSA) is 93.1 Å². The van der Waals surface area contributed by atoms with Gasteiger partial charge < -0.3 is 19.7 Å². The molecule has 1 atom stereocenters. The number of hydrogen-bond acceptors (Lipinski definition) is 6. The molecule has 0 aromatic rings. The van der Waals surface area contributed by atoms with Crippen molar-refractivity contribution in [2.45, 2.75) is 347 Å². The number of aliphatic hydroxyl groups excluding tert-OH is 2. The van der Waals surface area contributed by atoms with Crippen LogP contribution in [0.15, 0.2) is 12.2 Å². The molecule has 0 radical (unpaired) electrons. The minimum Gasteiger partial charge on any atom is -0.465 e. The van der Waals surface area contributed by atoms with Crippen LogP contribution in [0.5, 0.6) is 0 Å². The fraction of sp³-hybridized carbons (Fsp3) is 0.938. The van der Waals surface area contributed by atoms with Crippen molar-refractivity contribution in [1.82, 2.24) is 0 Å². The number of cyclic esters (lactones) is 2. The van der Waals surface area contributed by atoms with Gasteiger partial charge in [0.1, 0.15) is 13.2 Å². The lowest BCUT2D eigenvalue weighted by molar-refractivity contribution is -0.154. The Hall–Kier alpha value is -1.40.